The maximum atomic E-state index is 13.4. The van der Waals surface area contributed by atoms with Crippen LogP contribution in [0.1, 0.15) is 74.8 Å². The van der Waals surface area contributed by atoms with Gasteiger partial charge in [0.1, 0.15) is 18.8 Å². The number of fused-ring (bicyclic) bond motifs is 3. The molecule has 5 rings (SSSR count). The van der Waals surface area contributed by atoms with Gasteiger partial charge in [0.25, 0.3) is 0 Å². The highest BCUT2D eigenvalue weighted by Crippen LogP contribution is 2.53. The Morgan fingerprint density at radius 1 is 1.09 bits per heavy atom. The normalized spacial score (nSPS) is 28.1. The first kappa shape index (κ1) is 35.5. The topological polar surface area (TPSA) is 70.1 Å². The van der Waals surface area contributed by atoms with Gasteiger partial charge in [-0.1, -0.05) is 18.9 Å². The van der Waals surface area contributed by atoms with Gasteiger partial charge in [-0.3, -0.25) is 0 Å². The summed E-state index contributed by atoms with van der Waals surface area (Å²) in [6.07, 6.45) is -0.400. The molecule has 2 heterocycles. The number of halogens is 5. The van der Waals surface area contributed by atoms with E-state index in [2.05, 4.69) is 11.0 Å². The largest absolute Gasteiger partial charge is 0.453 e. The number of likely N-dealkylation sites (N-methyl/N-ethyl adjacent to an activating group) is 1. The van der Waals surface area contributed by atoms with Gasteiger partial charge in [-0.25, -0.2) is 8.68 Å². The number of hydrogen-bond donors (Lipinski definition) is 1. The van der Waals surface area contributed by atoms with Gasteiger partial charge in [0, 0.05) is 38.6 Å². The quantitative estimate of drug-likeness (QED) is 0.155. The van der Waals surface area contributed by atoms with Crippen molar-refractivity contribution in [2.45, 2.75) is 88.3 Å². The minimum absolute atomic E-state index is 0.141. The fraction of sp³-hybridized carbons (Fsp3) is 0.788. The van der Waals surface area contributed by atoms with Gasteiger partial charge in [-0.05, 0) is 99.6 Å². The Hall–Kier alpha value is -1.83. The van der Waals surface area contributed by atoms with E-state index in [1.807, 2.05) is 26.2 Å². The van der Waals surface area contributed by atoms with Crippen LogP contribution in [0.15, 0.2) is 18.2 Å². The van der Waals surface area contributed by atoms with Crippen LogP contribution in [-0.4, -0.2) is 106 Å². The number of rotatable bonds is 13. The van der Waals surface area contributed by atoms with Gasteiger partial charge in [0.15, 0.2) is 0 Å². The zero-order valence-corrected chi connectivity index (χ0v) is 27.8. The number of quaternary nitrogens is 1. The highest BCUT2D eigenvalue weighted by Gasteiger charge is 2.57. The Morgan fingerprint density at radius 3 is 2.50 bits per heavy atom. The van der Waals surface area contributed by atoms with E-state index in [1.165, 1.54) is 5.56 Å². The van der Waals surface area contributed by atoms with Crippen molar-refractivity contribution in [3.8, 4) is 5.75 Å². The molecule has 2 aliphatic heterocycles. The Kier molecular flexibility index (Phi) is 11.1. The van der Waals surface area contributed by atoms with Crippen LogP contribution in [0.3, 0.4) is 0 Å². The van der Waals surface area contributed by atoms with Gasteiger partial charge < -0.3 is 19.6 Å². The number of ether oxygens (including phenoxy) is 1. The molecule has 0 radical (unpaired) electrons. The molecular formula is C33H49F5N3O4S+. The van der Waals surface area contributed by atoms with E-state index < -0.39 is 35.9 Å². The van der Waals surface area contributed by atoms with Crippen molar-refractivity contribution >= 4 is 17.1 Å². The molecule has 6 atom stereocenters. The molecule has 4 aliphatic rings. The van der Waals surface area contributed by atoms with Crippen LogP contribution < -0.4 is 4.74 Å². The second-order valence-corrected chi connectivity index (χ2v) is 16.0. The predicted molar refractivity (Wildman–Crippen MR) is 166 cm³/mol. The molecule has 1 saturated carbocycles. The fourth-order valence-corrected chi connectivity index (χ4v) is 9.84. The van der Waals surface area contributed by atoms with E-state index >= 15 is 0 Å². The van der Waals surface area contributed by atoms with E-state index in [0.717, 1.165) is 56.9 Å². The number of benzene rings is 1. The Morgan fingerprint density at radius 2 is 1.85 bits per heavy atom. The molecule has 2 saturated heterocycles. The molecular weight excluding hydrogens is 629 g/mol. The zero-order valence-electron chi connectivity index (χ0n) is 27.0. The molecule has 0 bridgehead atoms. The minimum atomic E-state index is -5.59. The molecule has 46 heavy (non-hydrogen) atoms. The van der Waals surface area contributed by atoms with E-state index in [0.29, 0.717) is 62.3 Å². The van der Waals surface area contributed by atoms with Crippen LogP contribution in [0.5, 0.6) is 5.75 Å². The third-order valence-corrected chi connectivity index (χ3v) is 13.1. The summed E-state index contributed by atoms with van der Waals surface area (Å²) >= 11 is 0. The SMILES string of the molecule is CN(C)C1CCN(C(=O)Oc2ccc3c(c2)C[C@@H](CC[N+]2(S(=O)CCCC(F)(F)C(F)(F)F)CC2)[C@H]2C(CCCO)CCCC32)C1. The number of amides is 1. The summed E-state index contributed by atoms with van der Waals surface area (Å²) in [4.78, 5) is 16.8. The summed E-state index contributed by atoms with van der Waals surface area (Å²) in [7, 11) is 2.48. The monoisotopic (exact) mass is 678 g/mol. The maximum Gasteiger partial charge on any atom is 0.453 e. The van der Waals surface area contributed by atoms with E-state index in [9.17, 15) is 36.1 Å². The standard InChI is InChI=1S/C33H49F5N3O4S/c1-39(2)26-11-14-40(22-26)31(43)45-27-9-10-28-25(21-27)20-24(30-23(7-4-18-42)6-3-8-29(28)30)12-15-41(16-17-41)46(44)19-5-13-32(34,35)33(36,37)38/h9-10,21,23-24,26,29-30,42H,3-8,11-20,22H2,1-2H3/q+1/t23?,24-,26?,29?,30-,46?/m1/s1. The lowest BCUT2D eigenvalue weighted by Crippen LogP contribution is -2.41. The number of hydrogen-bond acceptors (Lipinski definition) is 5. The van der Waals surface area contributed by atoms with Crippen LogP contribution in [0.2, 0.25) is 0 Å². The molecule has 1 aromatic rings. The lowest BCUT2D eigenvalue weighted by molar-refractivity contribution is -0.657. The molecule has 1 amide bonds. The van der Waals surface area contributed by atoms with Gasteiger partial charge >= 0.3 is 18.2 Å². The van der Waals surface area contributed by atoms with Crippen molar-refractivity contribution in [3.05, 3.63) is 29.3 Å². The van der Waals surface area contributed by atoms with Crippen LogP contribution in [0.4, 0.5) is 26.7 Å². The summed E-state index contributed by atoms with van der Waals surface area (Å²) in [5.74, 6) is -3.01. The number of aliphatic hydroxyl groups is 1. The summed E-state index contributed by atoms with van der Waals surface area (Å²) in [5, 5.41) is 9.59. The Bertz CT molecular complexity index is 1240. The Balaban J connectivity index is 1.27. The van der Waals surface area contributed by atoms with Gasteiger partial charge in [-0.15, -0.1) is 0 Å². The van der Waals surface area contributed by atoms with Crippen LogP contribution >= 0.6 is 0 Å². The zero-order chi connectivity index (χ0) is 33.3. The number of carbonyl (C=O) groups excluding carboxylic acids is 1. The van der Waals surface area contributed by atoms with Crippen molar-refractivity contribution in [1.29, 1.82) is 0 Å². The van der Waals surface area contributed by atoms with Crippen LogP contribution in [0.25, 0.3) is 0 Å². The third-order valence-electron chi connectivity index (χ3n) is 11.0. The fourth-order valence-electron chi connectivity index (χ4n) is 8.27. The molecule has 7 nitrogen and oxygen atoms in total. The van der Waals surface area contributed by atoms with Crippen molar-refractivity contribution in [2.24, 2.45) is 17.8 Å². The summed E-state index contributed by atoms with van der Waals surface area (Å²) in [6.45, 7) is 3.29. The van der Waals surface area contributed by atoms with Crippen LogP contribution in [-0.2, 0) is 17.4 Å². The van der Waals surface area contributed by atoms with Crippen molar-refractivity contribution in [3.63, 3.8) is 0 Å². The third kappa shape index (κ3) is 7.89. The number of likely N-dealkylation sites (tertiary alicyclic amines) is 1. The summed E-state index contributed by atoms with van der Waals surface area (Å²) in [5.41, 5.74) is 2.44. The van der Waals surface area contributed by atoms with Gasteiger partial charge in [0.05, 0.1) is 12.3 Å². The lowest BCUT2D eigenvalue weighted by atomic mass is 9.58. The van der Waals surface area contributed by atoms with E-state index in [-0.39, 0.29) is 28.3 Å². The van der Waals surface area contributed by atoms with E-state index in [4.69, 9.17) is 4.74 Å². The first-order chi connectivity index (χ1) is 21.7. The summed E-state index contributed by atoms with van der Waals surface area (Å²) < 4.78 is 84.0. The molecule has 1 aromatic carbocycles. The highest BCUT2D eigenvalue weighted by molar-refractivity contribution is 7.79. The molecule has 0 spiro atoms. The first-order valence-electron chi connectivity index (χ1n) is 16.8. The van der Waals surface area contributed by atoms with Crippen molar-refractivity contribution in [2.75, 3.05) is 59.2 Å². The van der Waals surface area contributed by atoms with Crippen molar-refractivity contribution < 1.29 is 44.7 Å². The minimum Gasteiger partial charge on any atom is -0.410 e. The average Bonchev–Trinajstić information content (AvgIpc) is 3.63. The summed E-state index contributed by atoms with van der Waals surface area (Å²) in [6, 6.07) is 6.31. The molecule has 2 aliphatic carbocycles. The predicted octanol–water partition coefficient (Wildman–Crippen LogP) is 6.13. The van der Waals surface area contributed by atoms with Crippen molar-refractivity contribution in [1.82, 2.24) is 9.80 Å². The number of carbonyl (C=O) groups is 1. The molecule has 0 aromatic heterocycles. The molecule has 1 N–H and O–H groups in total. The highest BCUT2D eigenvalue weighted by atomic mass is 32.2. The molecule has 13 heteroatoms. The van der Waals surface area contributed by atoms with Gasteiger partial charge in [0.2, 0.25) is 11.0 Å². The second-order valence-electron chi connectivity index (χ2n) is 14.1. The molecule has 4 unspecified atom stereocenters. The van der Waals surface area contributed by atoms with E-state index in [1.54, 1.807) is 4.90 Å². The molecule has 3 fully saturated rings. The Labute approximate surface area is 271 Å². The first-order valence-corrected chi connectivity index (χ1v) is 18.1. The lowest BCUT2D eigenvalue weighted by Gasteiger charge is -2.47. The maximum absolute atomic E-state index is 13.4. The number of alkyl halides is 5. The second kappa shape index (κ2) is 14.3. The smallest absolute Gasteiger partial charge is 0.410 e. The number of aliphatic hydroxyl groups excluding tert-OH is 1. The molecule has 260 valence electrons. The number of nitrogens with zero attached hydrogens (tertiary/aromatic N) is 3. The van der Waals surface area contributed by atoms with Crippen LogP contribution in [0, 0.1) is 17.8 Å². The average molecular weight is 679 g/mol. The van der Waals surface area contributed by atoms with Gasteiger partial charge in [-0.2, -0.15) is 26.2 Å².